The Kier molecular flexibility index (Phi) is 10.9. The predicted octanol–water partition coefficient (Wildman–Crippen LogP) is 5.54. The average molecular weight is 681 g/mol. The van der Waals surface area contributed by atoms with Gasteiger partial charge in [0.1, 0.15) is 23.1 Å². The molecule has 1 saturated carbocycles. The maximum absolute atomic E-state index is 13.9. The molecular formula is C34H42F6N6O2. The summed E-state index contributed by atoms with van der Waals surface area (Å²) in [5.41, 5.74) is -2.89. The molecule has 2 aromatic heterocycles. The van der Waals surface area contributed by atoms with Gasteiger partial charge in [-0.2, -0.15) is 13.2 Å². The highest BCUT2D eigenvalue weighted by atomic mass is 19.4. The fraction of sp³-hybridized carbons (Fsp3) is 0.559. The van der Waals surface area contributed by atoms with E-state index in [9.17, 15) is 35.9 Å². The first-order valence-corrected chi connectivity index (χ1v) is 16.3. The summed E-state index contributed by atoms with van der Waals surface area (Å²) in [4.78, 5) is 33.4. The SMILES string of the molecule is CC(C)NC1CCN(C)C(c2cc(F)ccc2F)C1.O=CN1CCN(Cc2c(C(F)(F)F)nc3ccc(F)cn3c2=O)C2(CCCC2)C1. The molecule has 2 atom stereocenters. The van der Waals surface area contributed by atoms with Crippen LogP contribution in [0, 0.1) is 17.5 Å². The van der Waals surface area contributed by atoms with Gasteiger partial charge in [-0.15, -0.1) is 0 Å². The monoisotopic (exact) mass is 680 g/mol. The van der Waals surface area contributed by atoms with Gasteiger partial charge in [-0.05, 0) is 69.6 Å². The van der Waals surface area contributed by atoms with Gasteiger partial charge < -0.3 is 10.2 Å². The maximum atomic E-state index is 13.9. The molecular weight excluding hydrogens is 638 g/mol. The maximum Gasteiger partial charge on any atom is 0.433 e. The number of piperidine rings is 1. The largest absolute Gasteiger partial charge is 0.433 e. The minimum Gasteiger partial charge on any atom is -0.342 e. The summed E-state index contributed by atoms with van der Waals surface area (Å²) in [7, 11) is 1.97. The smallest absolute Gasteiger partial charge is 0.342 e. The number of benzene rings is 1. The molecule has 3 aromatic rings. The van der Waals surface area contributed by atoms with E-state index in [4.69, 9.17) is 0 Å². The van der Waals surface area contributed by atoms with Crippen LogP contribution < -0.4 is 10.9 Å². The fourth-order valence-electron chi connectivity index (χ4n) is 7.44. The van der Waals surface area contributed by atoms with E-state index in [2.05, 4.69) is 29.0 Å². The highest BCUT2D eigenvalue weighted by Gasteiger charge is 2.45. The zero-order chi connectivity index (χ0) is 34.8. The number of rotatable bonds is 6. The number of hydrogen-bond acceptors (Lipinski definition) is 6. The number of alkyl halides is 3. The first-order chi connectivity index (χ1) is 22.7. The third-order valence-electron chi connectivity index (χ3n) is 9.76. The van der Waals surface area contributed by atoms with Gasteiger partial charge in [0, 0.05) is 61.6 Å². The van der Waals surface area contributed by atoms with Gasteiger partial charge in [0.05, 0.1) is 5.56 Å². The van der Waals surface area contributed by atoms with E-state index in [1.54, 1.807) is 4.90 Å². The summed E-state index contributed by atoms with van der Waals surface area (Å²) in [5, 5.41) is 3.49. The van der Waals surface area contributed by atoms with Crippen LogP contribution in [0.25, 0.3) is 5.65 Å². The molecule has 2 aliphatic heterocycles. The van der Waals surface area contributed by atoms with Crippen LogP contribution in [0.15, 0.2) is 41.3 Å². The zero-order valence-corrected chi connectivity index (χ0v) is 27.4. The molecule has 4 heterocycles. The number of fused-ring (bicyclic) bond motifs is 1. The van der Waals surface area contributed by atoms with E-state index < -0.39 is 34.3 Å². The number of carbonyl (C=O) groups excluding carboxylic acids is 1. The van der Waals surface area contributed by atoms with E-state index in [1.165, 1.54) is 18.2 Å². The molecule has 48 heavy (non-hydrogen) atoms. The molecule has 1 aliphatic carbocycles. The Labute approximate surface area is 275 Å². The lowest BCUT2D eigenvalue weighted by molar-refractivity contribution is -0.142. The second-order valence-electron chi connectivity index (χ2n) is 13.5. The quantitative estimate of drug-likeness (QED) is 0.273. The van der Waals surface area contributed by atoms with Crippen LogP contribution in [-0.4, -0.2) is 81.3 Å². The number of amides is 1. The summed E-state index contributed by atoms with van der Waals surface area (Å²) in [5.74, 6) is -1.42. The van der Waals surface area contributed by atoms with Crippen LogP contribution in [0.4, 0.5) is 26.3 Å². The summed E-state index contributed by atoms with van der Waals surface area (Å²) in [6.07, 6.45) is 1.97. The summed E-state index contributed by atoms with van der Waals surface area (Å²) in [6, 6.07) is 6.46. The lowest BCUT2D eigenvalue weighted by Gasteiger charge is -2.48. The highest BCUT2D eigenvalue weighted by Crippen LogP contribution is 2.40. The number of pyridine rings is 1. The van der Waals surface area contributed by atoms with Gasteiger partial charge in [-0.1, -0.05) is 26.7 Å². The van der Waals surface area contributed by atoms with Crippen LogP contribution in [-0.2, 0) is 17.5 Å². The molecule has 0 radical (unpaired) electrons. The van der Waals surface area contributed by atoms with Crippen LogP contribution in [0.5, 0.6) is 0 Å². The van der Waals surface area contributed by atoms with Gasteiger partial charge in [0.2, 0.25) is 6.41 Å². The summed E-state index contributed by atoms with van der Waals surface area (Å²) in [6.45, 7) is 6.03. The number of likely N-dealkylation sites (tertiary alicyclic amines) is 1. The summed E-state index contributed by atoms with van der Waals surface area (Å²) >= 11 is 0. The first kappa shape index (κ1) is 35.8. The van der Waals surface area contributed by atoms with Crippen molar-refractivity contribution in [3.05, 3.63) is 81.2 Å². The molecule has 6 rings (SSSR count). The minimum atomic E-state index is -4.81. The topological polar surface area (TPSA) is 73.2 Å². The highest BCUT2D eigenvalue weighted by molar-refractivity contribution is 5.48. The third-order valence-corrected chi connectivity index (χ3v) is 9.76. The average Bonchev–Trinajstić information content (AvgIpc) is 3.50. The molecule has 2 saturated heterocycles. The van der Waals surface area contributed by atoms with Crippen molar-refractivity contribution in [3.8, 4) is 0 Å². The van der Waals surface area contributed by atoms with E-state index in [0.29, 0.717) is 37.3 Å². The molecule has 1 amide bonds. The number of hydrogen-bond donors (Lipinski definition) is 1. The normalized spacial score (nSPS) is 21.9. The predicted molar refractivity (Wildman–Crippen MR) is 169 cm³/mol. The molecule has 3 aliphatic rings. The van der Waals surface area contributed by atoms with Crippen molar-refractivity contribution in [3.63, 3.8) is 0 Å². The Bertz CT molecular complexity index is 1660. The molecule has 262 valence electrons. The number of nitrogens with one attached hydrogen (secondary N) is 1. The van der Waals surface area contributed by atoms with Crippen LogP contribution in [0.1, 0.15) is 75.2 Å². The number of carbonyl (C=O) groups is 1. The second-order valence-corrected chi connectivity index (χ2v) is 13.5. The molecule has 1 spiro atoms. The van der Waals surface area contributed by atoms with Crippen molar-refractivity contribution >= 4 is 12.1 Å². The fourth-order valence-corrected chi connectivity index (χ4v) is 7.44. The van der Waals surface area contributed by atoms with Gasteiger partial charge in [-0.3, -0.25) is 23.8 Å². The molecule has 1 N–H and O–H groups in total. The van der Waals surface area contributed by atoms with Crippen LogP contribution >= 0.6 is 0 Å². The van der Waals surface area contributed by atoms with Crippen LogP contribution in [0.2, 0.25) is 0 Å². The second kappa shape index (κ2) is 14.6. The third kappa shape index (κ3) is 7.86. The van der Waals surface area contributed by atoms with Gasteiger partial charge >= 0.3 is 6.18 Å². The lowest BCUT2D eigenvalue weighted by Crippen LogP contribution is -2.60. The molecule has 3 fully saturated rings. The van der Waals surface area contributed by atoms with E-state index in [1.807, 2.05) is 11.9 Å². The Morgan fingerprint density at radius 2 is 1.75 bits per heavy atom. The number of aromatic nitrogens is 2. The van der Waals surface area contributed by atoms with Crippen molar-refractivity contribution in [1.82, 2.24) is 29.4 Å². The zero-order valence-electron chi connectivity index (χ0n) is 27.4. The molecule has 2 unspecified atom stereocenters. The minimum absolute atomic E-state index is 0.0549. The lowest BCUT2D eigenvalue weighted by atomic mass is 9.91. The van der Waals surface area contributed by atoms with Crippen molar-refractivity contribution in [2.75, 3.05) is 33.2 Å². The summed E-state index contributed by atoms with van der Waals surface area (Å²) < 4.78 is 82.8. The van der Waals surface area contributed by atoms with Crippen LogP contribution in [0.3, 0.4) is 0 Å². The first-order valence-electron chi connectivity index (χ1n) is 16.3. The number of halogens is 6. The Morgan fingerprint density at radius 3 is 2.42 bits per heavy atom. The Morgan fingerprint density at radius 1 is 1.04 bits per heavy atom. The standard InChI is InChI=1S/C19H20F4N4O2.C15H22F2N2/c20-13-3-4-15-24-16(19(21,22)23)14(17(29)27(15)9-13)10-26-8-7-25(12-28)11-18(26)5-1-2-6-18;1-10(2)18-12-6-7-19(3)15(9-12)13-8-11(16)4-5-14(13)17/h3-4,9,12H,1-2,5-8,10-11H2;4-5,8,10,12,15,18H,6-7,9H2,1-3H3. The van der Waals surface area contributed by atoms with Gasteiger partial charge in [0.25, 0.3) is 5.56 Å². The number of piperazine rings is 1. The van der Waals surface area contributed by atoms with Crippen molar-refractivity contribution < 1.29 is 31.1 Å². The van der Waals surface area contributed by atoms with Crippen molar-refractivity contribution in [1.29, 1.82) is 0 Å². The number of nitrogens with zero attached hydrogens (tertiary/aromatic N) is 5. The van der Waals surface area contributed by atoms with E-state index >= 15 is 0 Å². The Balaban J connectivity index is 0.000000206. The molecule has 0 bridgehead atoms. The van der Waals surface area contributed by atoms with Gasteiger partial charge in [0.15, 0.2) is 5.69 Å². The van der Waals surface area contributed by atoms with E-state index in [0.717, 1.165) is 74.2 Å². The van der Waals surface area contributed by atoms with Crippen molar-refractivity contribution in [2.24, 2.45) is 0 Å². The molecule has 8 nitrogen and oxygen atoms in total. The molecule has 1 aromatic carbocycles. The molecule has 14 heteroatoms. The van der Waals surface area contributed by atoms with E-state index in [-0.39, 0.29) is 29.9 Å². The van der Waals surface area contributed by atoms with Crippen molar-refractivity contribution in [2.45, 2.75) is 88.8 Å². The Hall–Kier alpha value is -3.49. The van der Waals surface area contributed by atoms with Gasteiger partial charge in [-0.25, -0.2) is 18.2 Å².